The first-order chi connectivity index (χ1) is 8.70. The summed E-state index contributed by atoms with van der Waals surface area (Å²) < 4.78 is 33.9. The highest BCUT2D eigenvalue weighted by molar-refractivity contribution is 7.86. The van der Waals surface area contributed by atoms with Gasteiger partial charge in [-0.1, -0.05) is 11.6 Å². The number of halogens is 2. The van der Waals surface area contributed by atoms with E-state index in [1.807, 2.05) is 0 Å². The molecular weight excluding hydrogens is 301 g/mol. The fourth-order valence-corrected chi connectivity index (χ4v) is 1.85. The van der Waals surface area contributed by atoms with Crippen molar-refractivity contribution in [1.82, 2.24) is 0 Å². The van der Waals surface area contributed by atoms with Crippen LogP contribution < -0.4 is 5.32 Å². The molecule has 0 saturated heterocycles. The number of benzene rings is 1. The average molecular weight is 308 g/mol. The van der Waals surface area contributed by atoms with Crippen LogP contribution in [0.25, 0.3) is 0 Å². The molecule has 0 aromatic heterocycles. The summed E-state index contributed by atoms with van der Waals surface area (Å²) in [5.74, 6) is -2.08. The maximum absolute atomic E-state index is 12.7. The van der Waals surface area contributed by atoms with Crippen LogP contribution in [0.3, 0.4) is 0 Å². The van der Waals surface area contributed by atoms with E-state index in [0.29, 0.717) is 6.08 Å². The van der Waals surface area contributed by atoms with Gasteiger partial charge in [-0.3, -0.25) is 4.79 Å². The molecule has 1 aromatic carbocycles. The van der Waals surface area contributed by atoms with Gasteiger partial charge in [0.1, 0.15) is 4.90 Å². The lowest BCUT2D eigenvalue weighted by Crippen LogP contribution is -2.09. The van der Waals surface area contributed by atoms with Crippen LogP contribution in [0.1, 0.15) is 0 Å². The zero-order valence-electron chi connectivity index (χ0n) is 9.13. The third-order valence-corrected chi connectivity index (χ3v) is 2.99. The molecule has 19 heavy (non-hydrogen) atoms. The van der Waals surface area contributed by atoms with Gasteiger partial charge >= 0.3 is 16.2 Å². The van der Waals surface area contributed by atoms with E-state index in [1.54, 1.807) is 0 Å². The molecule has 0 fully saturated rings. The second-order valence-corrected chi connectivity index (χ2v) is 4.99. The summed E-state index contributed by atoms with van der Waals surface area (Å²) in [6.45, 7) is 0. The number of anilines is 1. The number of aliphatic carboxylic acids is 1. The van der Waals surface area contributed by atoms with E-state index in [9.17, 15) is 21.9 Å². The van der Waals surface area contributed by atoms with Crippen molar-refractivity contribution in [2.45, 2.75) is 4.90 Å². The van der Waals surface area contributed by atoms with Crippen molar-refractivity contribution in [3.8, 4) is 0 Å². The number of carboxylic acids is 1. The molecule has 0 aliphatic rings. The molecule has 6 nitrogen and oxygen atoms in total. The van der Waals surface area contributed by atoms with E-state index < -0.39 is 27.0 Å². The highest BCUT2D eigenvalue weighted by Gasteiger charge is 2.14. The number of amides is 1. The average Bonchev–Trinajstić information content (AvgIpc) is 2.27. The van der Waals surface area contributed by atoms with Crippen molar-refractivity contribution in [3.05, 3.63) is 35.4 Å². The van der Waals surface area contributed by atoms with Gasteiger partial charge in [0.25, 0.3) is 0 Å². The monoisotopic (exact) mass is 307 g/mol. The van der Waals surface area contributed by atoms with Gasteiger partial charge in [-0.05, 0) is 18.2 Å². The smallest absolute Gasteiger partial charge is 0.332 e. The Labute approximate surface area is 112 Å². The Balaban J connectivity index is 2.93. The minimum absolute atomic E-state index is 0.0223. The molecule has 1 amide bonds. The molecular formula is C10H7ClFNO5S. The summed E-state index contributed by atoms with van der Waals surface area (Å²) in [7, 11) is -4.88. The van der Waals surface area contributed by atoms with Crippen LogP contribution in [0, 0.1) is 0 Å². The molecule has 0 aliphatic carbocycles. The van der Waals surface area contributed by atoms with E-state index in [1.165, 1.54) is 0 Å². The quantitative estimate of drug-likeness (QED) is 0.649. The first kappa shape index (κ1) is 15.1. The molecule has 0 unspecified atom stereocenters. The molecule has 0 atom stereocenters. The second-order valence-electron chi connectivity index (χ2n) is 3.24. The third-order valence-electron chi connectivity index (χ3n) is 1.86. The minimum Gasteiger partial charge on any atom is -0.478 e. The standard InChI is InChI=1S/C10H7ClFNO5S/c11-7-5-6(19(12,17)18)1-2-8(7)13-9(14)3-4-10(15)16/h1-5H,(H,13,14)(H,15,16)/b4-3-. The molecule has 0 bridgehead atoms. The first-order valence-corrected chi connectivity index (χ1v) is 6.42. The van der Waals surface area contributed by atoms with E-state index in [4.69, 9.17) is 16.7 Å². The molecule has 1 rings (SSSR count). The fraction of sp³-hybridized carbons (Fsp3) is 0. The van der Waals surface area contributed by atoms with Crippen LogP contribution in [0.4, 0.5) is 9.57 Å². The minimum atomic E-state index is -4.88. The Bertz CT molecular complexity index is 656. The van der Waals surface area contributed by atoms with Gasteiger partial charge in [0.05, 0.1) is 10.7 Å². The lowest BCUT2D eigenvalue weighted by molar-refractivity contribution is -0.131. The fourth-order valence-electron chi connectivity index (χ4n) is 1.07. The van der Waals surface area contributed by atoms with Gasteiger partial charge in [0.15, 0.2) is 0 Å². The van der Waals surface area contributed by atoms with Crippen LogP contribution in [0.15, 0.2) is 35.2 Å². The molecule has 0 spiro atoms. The zero-order chi connectivity index (χ0) is 14.6. The van der Waals surface area contributed by atoms with Gasteiger partial charge in [-0.2, -0.15) is 8.42 Å². The van der Waals surface area contributed by atoms with Crippen LogP contribution >= 0.6 is 11.6 Å². The number of carbonyl (C=O) groups is 2. The predicted octanol–water partition coefficient (Wildman–Crippen LogP) is 1.58. The summed E-state index contributed by atoms with van der Waals surface area (Å²) in [6, 6.07) is 2.83. The number of hydrogen-bond acceptors (Lipinski definition) is 4. The van der Waals surface area contributed by atoms with Crippen molar-refractivity contribution in [3.63, 3.8) is 0 Å². The van der Waals surface area contributed by atoms with Gasteiger partial charge < -0.3 is 10.4 Å². The molecule has 2 N–H and O–H groups in total. The van der Waals surface area contributed by atoms with E-state index >= 15 is 0 Å². The Morgan fingerprint density at radius 2 is 1.95 bits per heavy atom. The summed E-state index contributed by atoms with van der Waals surface area (Å²) in [5, 5.41) is 10.3. The first-order valence-electron chi connectivity index (χ1n) is 4.66. The summed E-state index contributed by atoms with van der Waals surface area (Å²) in [6.07, 6.45) is 1.36. The maximum Gasteiger partial charge on any atom is 0.332 e. The summed E-state index contributed by atoms with van der Waals surface area (Å²) >= 11 is 5.66. The topological polar surface area (TPSA) is 101 Å². The van der Waals surface area contributed by atoms with Crippen molar-refractivity contribution in [1.29, 1.82) is 0 Å². The van der Waals surface area contributed by atoms with Gasteiger partial charge in [-0.25, -0.2) is 4.79 Å². The largest absolute Gasteiger partial charge is 0.478 e. The van der Waals surface area contributed by atoms with Crippen molar-refractivity contribution in [2.75, 3.05) is 5.32 Å². The van der Waals surface area contributed by atoms with Crippen molar-refractivity contribution in [2.24, 2.45) is 0 Å². The predicted molar refractivity (Wildman–Crippen MR) is 65.2 cm³/mol. The van der Waals surface area contributed by atoms with Gasteiger partial charge in [0.2, 0.25) is 5.91 Å². The number of hydrogen-bond donors (Lipinski definition) is 2. The molecule has 9 heteroatoms. The summed E-state index contributed by atoms with van der Waals surface area (Å²) in [4.78, 5) is 20.8. The Morgan fingerprint density at radius 3 is 2.42 bits per heavy atom. The maximum atomic E-state index is 12.7. The lowest BCUT2D eigenvalue weighted by Gasteiger charge is -2.05. The molecule has 0 aliphatic heterocycles. The van der Waals surface area contributed by atoms with Crippen LogP contribution in [-0.2, 0) is 19.8 Å². The number of rotatable bonds is 4. The zero-order valence-corrected chi connectivity index (χ0v) is 10.7. The van der Waals surface area contributed by atoms with Gasteiger partial charge in [-0.15, -0.1) is 3.89 Å². The van der Waals surface area contributed by atoms with Crippen LogP contribution in [0.2, 0.25) is 5.02 Å². The Kier molecular flexibility index (Phi) is 4.62. The molecule has 0 heterocycles. The van der Waals surface area contributed by atoms with Crippen molar-refractivity contribution < 1.29 is 27.0 Å². The van der Waals surface area contributed by atoms with Crippen molar-refractivity contribution >= 4 is 39.4 Å². The highest BCUT2D eigenvalue weighted by atomic mass is 35.5. The number of carboxylic acid groups (broad SMARTS) is 1. The SMILES string of the molecule is O=C(O)/C=C\C(=O)Nc1ccc(S(=O)(=O)F)cc1Cl. The van der Waals surface area contributed by atoms with E-state index in [0.717, 1.165) is 24.3 Å². The third kappa shape index (κ3) is 4.68. The van der Waals surface area contributed by atoms with E-state index in [2.05, 4.69) is 5.32 Å². The molecule has 102 valence electrons. The molecule has 0 saturated carbocycles. The van der Waals surface area contributed by atoms with Crippen LogP contribution in [0.5, 0.6) is 0 Å². The lowest BCUT2D eigenvalue weighted by atomic mass is 10.3. The Morgan fingerprint density at radius 1 is 1.32 bits per heavy atom. The van der Waals surface area contributed by atoms with E-state index in [-0.39, 0.29) is 10.7 Å². The second kappa shape index (κ2) is 5.81. The normalized spacial score (nSPS) is 11.5. The Hall–Kier alpha value is -1.93. The van der Waals surface area contributed by atoms with Gasteiger partial charge in [0, 0.05) is 12.2 Å². The number of carbonyl (C=O) groups excluding carboxylic acids is 1. The molecule has 1 aromatic rings. The summed E-state index contributed by atoms with van der Waals surface area (Å²) in [5.41, 5.74) is 0.0223. The number of nitrogens with one attached hydrogen (secondary N) is 1. The highest BCUT2D eigenvalue weighted by Crippen LogP contribution is 2.26. The molecule has 0 radical (unpaired) electrons. The van der Waals surface area contributed by atoms with Crippen LogP contribution in [-0.4, -0.2) is 25.4 Å².